The predicted molar refractivity (Wildman–Crippen MR) is 121 cm³/mol. The Morgan fingerprint density at radius 3 is 2.26 bits per heavy atom. The molecule has 0 radical (unpaired) electrons. The third kappa shape index (κ3) is 4.38. The highest BCUT2D eigenvalue weighted by atomic mass is 35.5. The number of sulfonamides is 1. The van der Waals surface area contributed by atoms with E-state index in [0.29, 0.717) is 16.4 Å². The monoisotopic (exact) mass is 456 g/mol. The number of amides is 1. The van der Waals surface area contributed by atoms with Crippen LogP contribution in [0.4, 0.5) is 11.4 Å². The summed E-state index contributed by atoms with van der Waals surface area (Å²) in [4.78, 5) is 13.0. The number of halogens is 1. The molecule has 0 saturated carbocycles. The van der Waals surface area contributed by atoms with Crippen molar-refractivity contribution in [2.75, 3.05) is 16.2 Å². The Morgan fingerprint density at radius 1 is 1.00 bits per heavy atom. The molecule has 0 saturated heterocycles. The lowest BCUT2D eigenvalue weighted by molar-refractivity contribution is -0.122. The minimum absolute atomic E-state index is 0.128. The van der Waals surface area contributed by atoms with E-state index in [1.165, 1.54) is 10.4 Å². The van der Waals surface area contributed by atoms with Crippen LogP contribution in [0.15, 0.2) is 71.6 Å². The molecular weight excluding hydrogens is 436 g/mol. The fraction of sp³-hybridized carbons (Fsp3) is 0.174. The number of aryl methyl sites for hydroxylation is 2. The smallest absolute Gasteiger partial charge is 0.267 e. The van der Waals surface area contributed by atoms with Gasteiger partial charge in [0.25, 0.3) is 15.9 Å². The number of rotatable bonds is 4. The van der Waals surface area contributed by atoms with Gasteiger partial charge in [-0.25, -0.2) is 8.42 Å². The molecule has 0 spiro atoms. The van der Waals surface area contributed by atoms with Crippen LogP contribution in [0.2, 0.25) is 5.02 Å². The summed E-state index contributed by atoms with van der Waals surface area (Å²) in [5, 5.41) is 3.16. The molecule has 0 fully saturated rings. The Balaban J connectivity index is 1.69. The molecule has 0 unspecified atom stereocenters. The van der Waals surface area contributed by atoms with Crippen LogP contribution >= 0.6 is 11.6 Å². The summed E-state index contributed by atoms with van der Waals surface area (Å²) >= 11 is 6.12. The van der Waals surface area contributed by atoms with Crippen LogP contribution in [0.1, 0.15) is 11.1 Å². The van der Waals surface area contributed by atoms with E-state index < -0.39 is 22.0 Å². The molecule has 1 N–H and O–H groups in total. The van der Waals surface area contributed by atoms with Crippen molar-refractivity contribution in [3.05, 3.63) is 82.9 Å². The summed E-state index contributed by atoms with van der Waals surface area (Å²) in [6.45, 7) is 3.65. The molecule has 1 amide bonds. The number of anilines is 2. The first-order chi connectivity index (χ1) is 14.7. The predicted octanol–water partition coefficient (Wildman–Crippen LogP) is 4.55. The number of carbonyl (C=O) groups is 1. The zero-order chi connectivity index (χ0) is 22.2. The molecule has 6 nitrogen and oxygen atoms in total. The lowest BCUT2D eigenvalue weighted by Gasteiger charge is -2.34. The maximum Gasteiger partial charge on any atom is 0.267 e. The topological polar surface area (TPSA) is 75.7 Å². The molecule has 4 rings (SSSR count). The van der Waals surface area contributed by atoms with Crippen molar-refractivity contribution >= 4 is 38.9 Å². The first-order valence-electron chi connectivity index (χ1n) is 9.67. The van der Waals surface area contributed by atoms with E-state index >= 15 is 0 Å². The van der Waals surface area contributed by atoms with Gasteiger partial charge >= 0.3 is 0 Å². The lowest BCUT2D eigenvalue weighted by atomic mass is 10.2. The average molecular weight is 457 g/mol. The summed E-state index contributed by atoms with van der Waals surface area (Å²) in [7, 11) is -3.94. The van der Waals surface area contributed by atoms with Gasteiger partial charge in [-0.3, -0.25) is 9.10 Å². The van der Waals surface area contributed by atoms with Crippen molar-refractivity contribution in [2.45, 2.75) is 24.8 Å². The number of carbonyl (C=O) groups excluding carboxylic acids is 1. The van der Waals surface area contributed by atoms with E-state index in [2.05, 4.69) is 5.32 Å². The normalized spacial score (nSPS) is 15.7. The zero-order valence-corrected chi connectivity index (χ0v) is 18.6. The second-order valence-electron chi connectivity index (χ2n) is 7.42. The van der Waals surface area contributed by atoms with Gasteiger partial charge in [0.1, 0.15) is 5.75 Å². The second-order valence-corrected chi connectivity index (χ2v) is 9.72. The fourth-order valence-corrected chi connectivity index (χ4v) is 4.92. The molecule has 1 atom stereocenters. The number of nitrogens with one attached hydrogen (secondary N) is 1. The van der Waals surface area contributed by atoms with Crippen LogP contribution in [0.25, 0.3) is 0 Å². The van der Waals surface area contributed by atoms with Crippen LogP contribution in [-0.4, -0.2) is 27.0 Å². The van der Waals surface area contributed by atoms with Crippen molar-refractivity contribution in [3.63, 3.8) is 0 Å². The standard InChI is InChI=1S/C23H21ClN2O4S/c1-15-3-8-18(9-4-15)25-23(27)22-14-26(20-13-17(24)7-12-21(20)30-22)31(28,29)19-10-5-16(2)6-11-19/h3-13,22H,14H2,1-2H3,(H,25,27)/t22-/m0/s1. The molecule has 0 bridgehead atoms. The van der Waals surface area contributed by atoms with Gasteiger partial charge < -0.3 is 10.1 Å². The Bertz CT molecular complexity index is 1230. The summed E-state index contributed by atoms with van der Waals surface area (Å²) < 4.78 is 33.9. The second kappa shape index (κ2) is 8.24. The van der Waals surface area contributed by atoms with Crippen LogP contribution in [0.5, 0.6) is 5.75 Å². The maximum atomic E-state index is 13.4. The SMILES string of the molecule is Cc1ccc(NC(=O)[C@@H]2CN(S(=O)(=O)c3ccc(C)cc3)c3cc(Cl)ccc3O2)cc1. The summed E-state index contributed by atoms with van der Waals surface area (Å²) in [6.07, 6.45) is -1.03. The highest BCUT2D eigenvalue weighted by Crippen LogP contribution is 2.39. The number of hydrogen-bond acceptors (Lipinski definition) is 4. The van der Waals surface area contributed by atoms with Crippen molar-refractivity contribution in [3.8, 4) is 5.75 Å². The lowest BCUT2D eigenvalue weighted by Crippen LogP contribution is -2.48. The molecule has 31 heavy (non-hydrogen) atoms. The molecule has 1 heterocycles. The molecule has 0 aromatic heterocycles. The first-order valence-corrected chi connectivity index (χ1v) is 11.5. The van der Waals surface area contributed by atoms with Gasteiger partial charge in [-0.15, -0.1) is 0 Å². The van der Waals surface area contributed by atoms with Crippen molar-refractivity contribution in [2.24, 2.45) is 0 Å². The summed E-state index contributed by atoms with van der Waals surface area (Å²) in [5.41, 5.74) is 2.91. The third-order valence-electron chi connectivity index (χ3n) is 5.01. The van der Waals surface area contributed by atoms with E-state index in [9.17, 15) is 13.2 Å². The molecule has 0 aliphatic carbocycles. The highest BCUT2D eigenvalue weighted by Gasteiger charge is 2.37. The van der Waals surface area contributed by atoms with Crippen molar-refractivity contribution < 1.29 is 17.9 Å². The largest absolute Gasteiger partial charge is 0.476 e. The molecule has 160 valence electrons. The number of fused-ring (bicyclic) bond motifs is 1. The van der Waals surface area contributed by atoms with Crippen LogP contribution in [0, 0.1) is 13.8 Å². The van der Waals surface area contributed by atoms with E-state index in [1.807, 2.05) is 26.0 Å². The highest BCUT2D eigenvalue weighted by molar-refractivity contribution is 7.92. The third-order valence-corrected chi connectivity index (χ3v) is 7.04. The Labute approximate surface area is 186 Å². The molecule has 1 aliphatic heterocycles. The number of nitrogens with zero attached hydrogens (tertiary/aromatic N) is 1. The van der Waals surface area contributed by atoms with E-state index in [-0.39, 0.29) is 17.2 Å². The molecule has 3 aromatic rings. The number of hydrogen-bond donors (Lipinski definition) is 1. The minimum atomic E-state index is -3.94. The van der Waals surface area contributed by atoms with Crippen LogP contribution in [-0.2, 0) is 14.8 Å². The van der Waals surface area contributed by atoms with Gasteiger partial charge in [-0.2, -0.15) is 0 Å². The van der Waals surface area contributed by atoms with Gasteiger partial charge in [0, 0.05) is 10.7 Å². The van der Waals surface area contributed by atoms with Gasteiger partial charge in [-0.1, -0.05) is 47.0 Å². The average Bonchev–Trinajstić information content (AvgIpc) is 2.74. The Morgan fingerprint density at radius 2 is 1.61 bits per heavy atom. The maximum absolute atomic E-state index is 13.4. The molecular formula is C23H21ClN2O4S. The Hall–Kier alpha value is -3.03. The quantitative estimate of drug-likeness (QED) is 0.624. The van der Waals surface area contributed by atoms with Gasteiger partial charge in [-0.05, 0) is 56.3 Å². The molecule has 3 aromatic carbocycles. The Kier molecular flexibility index (Phi) is 5.64. The fourth-order valence-electron chi connectivity index (χ4n) is 3.29. The molecule has 1 aliphatic rings. The van der Waals surface area contributed by atoms with Gasteiger partial charge in [0.15, 0.2) is 6.10 Å². The minimum Gasteiger partial charge on any atom is -0.476 e. The van der Waals surface area contributed by atoms with Crippen molar-refractivity contribution in [1.29, 1.82) is 0 Å². The number of ether oxygens (including phenoxy) is 1. The van der Waals surface area contributed by atoms with Crippen LogP contribution in [0.3, 0.4) is 0 Å². The zero-order valence-electron chi connectivity index (χ0n) is 17.0. The van der Waals surface area contributed by atoms with E-state index in [1.54, 1.807) is 48.5 Å². The summed E-state index contributed by atoms with van der Waals surface area (Å²) in [5.74, 6) is -0.163. The van der Waals surface area contributed by atoms with Crippen molar-refractivity contribution in [1.82, 2.24) is 0 Å². The number of benzene rings is 3. The van der Waals surface area contributed by atoms with Crippen LogP contribution < -0.4 is 14.4 Å². The van der Waals surface area contributed by atoms with Gasteiger partial charge in [0.05, 0.1) is 17.1 Å². The van der Waals surface area contributed by atoms with E-state index in [4.69, 9.17) is 16.3 Å². The molecule has 8 heteroatoms. The van der Waals surface area contributed by atoms with E-state index in [0.717, 1.165) is 11.1 Å². The first kappa shape index (κ1) is 21.2. The summed E-state index contributed by atoms with van der Waals surface area (Å²) in [6, 6.07) is 18.6. The van der Waals surface area contributed by atoms with Gasteiger partial charge in [0.2, 0.25) is 0 Å².